The first-order valence-electron chi connectivity index (χ1n) is 5.54. The summed E-state index contributed by atoms with van der Waals surface area (Å²) in [5.41, 5.74) is 0.990. The number of benzene rings is 2. The van der Waals surface area contributed by atoms with E-state index in [9.17, 15) is 19.3 Å². The van der Waals surface area contributed by atoms with Crippen molar-refractivity contribution < 1.29 is 14.1 Å². The molecule has 96 valence electrons. The van der Waals surface area contributed by atoms with E-state index in [1.54, 1.807) is 6.92 Å². The summed E-state index contributed by atoms with van der Waals surface area (Å²) in [7, 11) is 0. The van der Waals surface area contributed by atoms with Crippen LogP contribution in [0.2, 0.25) is 0 Å². The number of nitrogens with zero attached hydrogens (tertiary/aromatic N) is 1. The van der Waals surface area contributed by atoms with Gasteiger partial charge in [0.2, 0.25) is 0 Å². The minimum absolute atomic E-state index is 0.0770. The number of hydrogen-bond acceptors (Lipinski definition) is 3. The van der Waals surface area contributed by atoms with Crippen LogP contribution in [0.15, 0.2) is 42.5 Å². The summed E-state index contributed by atoms with van der Waals surface area (Å²) >= 11 is 0. The predicted molar refractivity (Wildman–Crippen MR) is 67.7 cm³/mol. The maximum Gasteiger partial charge on any atom is 0.269 e. The van der Waals surface area contributed by atoms with Crippen LogP contribution in [-0.4, -0.2) is 10.7 Å². The van der Waals surface area contributed by atoms with Crippen molar-refractivity contribution in [2.45, 2.75) is 6.92 Å². The number of carbonyl (C=O) groups excluding carboxylic acids is 1. The molecule has 0 amide bonds. The Morgan fingerprint density at radius 1 is 1.11 bits per heavy atom. The molecule has 0 atom stereocenters. The lowest BCUT2D eigenvalue weighted by Gasteiger charge is -2.03. The van der Waals surface area contributed by atoms with Gasteiger partial charge in [-0.1, -0.05) is 0 Å². The zero-order chi connectivity index (χ0) is 14.0. The summed E-state index contributed by atoms with van der Waals surface area (Å²) in [4.78, 5) is 22.1. The molecule has 0 heterocycles. The molecule has 2 aromatic carbocycles. The summed E-state index contributed by atoms with van der Waals surface area (Å²) in [6.45, 7) is 1.57. The third kappa shape index (κ3) is 2.65. The van der Waals surface area contributed by atoms with Crippen LogP contribution in [0.5, 0.6) is 0 Å². The minimum atomic E-state index is -0.531. The second kappa shape index (κ2) is 4.97. The predicted octanol–water partition coefficient (Wildman–Crippen LogP) is 3.27. The Morgan fingerprint density at radius 3 is 2.21 bits per heavy atom. The molecule has 0 fully saturated rings. The maximum absolute atomic E-state index is 13.1. The van der Waals surface area contributed by atoms with Gasteiger partial charge < -0.3 is 0 Å². The molecule has 0 bridgehead atoms. The number of non-ortho nitro benzene ring substituents is 1. The number of hydrogen-bond donors (Lipinski definition) is 0. The zero-order valence-corrected chi connectivity index (χ0v) is 10.1. The molecule has 0 saturated carbocycles. The largest absolute Gasteiger partial charge is 0.289 e. The number of nitro benzene ring substituents is 1. The van der Waals surface area contributed by atoms with Gasteiger partial charge in [-0.25, -0.2) is 4.39 Å². The topological polar surface area (TPSA) is 60.2 Å². The van der Waals surface area contributed by atoms with Crippen LogP contribution in [0.4, 0.5) is 10.1 Å². The lowest BCUT2D eigenvalue weighted by molar-refractivity contribution is -0.384. The van der Waals surface area contributed by atoms with Gasteiger partial charge in [-0.3, -0.25) is 14.9 Å². The first-order valence-corrected chi connectivity index (χ1v) is 5.54. The number of nitro groups is 1. The highest BCUT2D eigenvalue weighted by Crippen LogP contribution is 2.17. The molecule has 19 heavy (non-hydrogen) atoms. The van der Waals surface area contributed by atoms with Crippen molar-refractivity contribution in [2.24, 2.45) is 0 Å². The molecule has 0 aromatic heterocycles. The smallest absolute Gasteiger partial charge is 0.269 e. The van der Waals surface area contributed by atoms with E-state index in [1.807, 2.05) is 0 Å². The first kappa shape index (κ1) is 12.9. The van der Waals surface area contributed by atoms with Gasteiger partial charge >= 0.3 is 0 Å². The third-order valence-electron chi connectivity index (χ3n) is 2.76. The van der Waals surface area contributed by atoms with Crippen LogP contribution in [0.25, 0.3) is 0 Å². The molecule has 0 radical (unpaired) electrons. The molecule has 0 aliphatic heterocycles. The van der Waals surface area contributed by atoms with E-state index in [-0.39, 0.29) is 17.3 Å². The molecule has 4 nitrogen and oxygen atoms in total. The van der Waals surface area contributed by atoms with Crippen LogP contribution < -0.4 is 0 Å². The van der Waals surface area contributed by atoms with Crippen molar-refractivity contribution in [3.63, 3.8) is 0 Å². The lowest BCUT2D eigenvalue weighted by Crippen LogP contribution is -2.02. The maximum atomic E-state index is 13.1. The van der Waals surface area contributed by atoms with Crippen LogP contribution in [0.1, 0.15) is 21.5 Å². The van der Waals surface area contributed by atoms with E-state index in [0.29, 0.717) is 16.7 Å². The standard InChI is InChI=1S/C14H10FNO3/c1-9-8-11(4-7-13(9)15)14(17)10-2-5-12(6-3-10)16(18)19/h2-8H,1H3. The Hall–Kier alpha value is -2.56. The van der Waals surface area contributed by atoms with Crippen molar-refractivity contribution in [3.05, 3.63) is 75.1 Å². The number of ketones is 1. The lowest BCUT2D eigenvalue weighted by atomic mass is 10.0. The van der Waals surface area contributed by atoms with E-state index in [2.05, 4.69) is 0 Å². The van der Waals surface area contributed by atoms with Crippen LogP contribution in [-0.2, 0) is 0 Å². The SMILES string of the molecule is Cc1cc(C(=O)c2ccc([N+](=O)[O-])cc2)ccc1F. The summed E-state index contributed by atoms with van der Waals surface area (Å²) < 4.78 is 13.1. The van der Waals surface area contributed by atoms with E-state index in [1.165, 1.54) is 42.5 Å². The summed E-state index contributed by atoms with van der Waals surface area (Å²) in [6, 6.07) is 9.39. The molecule has 0 aliphatic carbocycles. The third-order valence-corrected chi connectivity index (χ3v) is 2.76. The Kier molecular flexibility index (Phi) is 3.37. The zero-order valence-electron chi connectivity index (χ0n) is 10.1. The number of halogens is 1. The van der Waals surface area contributed by atoms with Crippen molar-refractivity contribution in [1.29, 1.82) is 0 Å². The number of carbonyl (C=O) groups is 1. The van der Waals surface area contributed by atoms with Crippen molar-refractivity contribution in [3.8, 4) is 0 Å². The van der Waals surface area contributed by atoms with E-state index < -0.39 is 4.92 Å². The molecule has 0 N–H and O–H groups in total. The molecule has 2 rings (SSSR count). The number of aryl methyl sites for hydroxylation is 1. The fourth-order valence-corrected chi connectivity index (χ4v) is 1.69. The first-order chi connectivity index (χ1) is 8.99. The Bertz CT molecular complexity index is 650. The van der Waals surface area contributed by atoms with Gasteiger partial charge in [0.05, 0.1) is 4.92 Å². The fraction of sp³-hybridized carbons (Fsp3) is 0.0714. The van der Waals surface area contributed by atoms with Gasteiger partial charge in [0.15, 0.2) is 5.78 Å². The molecule has 5 heteroatoms. The van der Waals surface area contributed by atoms with Crippen molar-refractivity contribution in [2.75, 3.05) is 0 Å². The second-order valence-electron chi connectivity index (χ2n) is 4.10. The van der Waals surface area contributed by atoms with Gasteiger partial charge in [-0.15, -0.1) is 0 Å². The van der Waals surface area contributed by atoms with Crippen LogP contribution >= 0.6 is 0 Å². The highest BCUT2D eigenvalue weighted by atomic mass is 19.1. The highest BCUT2D eigenvalue weighted by Gasteiger charge is 2.12. The van der Waals surface area contributed by atoms with Gasteiger partial charge in [0.1, 0.15) is 5.82 Å². The molecule has 0 spiro atoms. The Labute approximate surface area is 108 Å². The molecular formula is C14H10FNO3. The molecule has 0 saturated heterocycles. The Morgan fingerprint density at radius 2 is 1.68 bits per heavy atom. The van der Waals surface area contributed by atoms with Crippen LogP contribution in [0, 0.1) is 22.9 Å². The van der Waals surface area contributed by atoms with Gasteiger partial charge in [0, 0.05) is 23.3 Å². The molecule has 0 unspecified atom stereocenters. The van der Waals surface area contributed by atoms with E-state index in [4.69, 9.17) is 0 Å². The van der Waals surface area contributed by atoms with Crippen molar-refractivity contribution in [1.82, 2.24) is 0 Å². The number of rotatable bonds is 3. The average molecular weight is 259 g/mol. The quantitative estimate of drug-likeness (QED) is 0.483. The fourth-order valence-electron chi connectivity index (χ4n) is 1.69. The molecular weight excluding hydrogens is 249 g/mol. The normalized spacial score (nSPS) is 10.2. The minimum Gasteiger partial charge on any atom is -0.289 e. The monoisotopic (exact) mass is 259 g/mol. The average Bonchev–Trinajstić information content (AvgIpc) is 2.41. The summed E-state index contributed by atoms with van der Waals surface area (Å²) in [5, 5.41) is 10.5. The van der Waals surface area contributed by atoms with Gasteiger partial charge in [-0.05, 0) is 42.8 Å². The molecule has 2 aromatic rings. The summed E-state index contributed by atoms with van der Waals surface area (Å²) in [5.74, 6) is -0.668. The van der Waals surface area contributed by atoms with Gasteiger partial charge in [-0.2, -0.15) is 0 Å². The second-order valence-corrected chi connectivity index (χ2v) is 4.10. The Balaban J connectivity index is 2.33. The van der Waals surface area contributed by atoms with E-state index >= 15 is 0 Å². The molecule has 0 aliphatic rings. The van der Waals surface area contributed by atoms with Crippen LogP contribution in [0.3, 0.4) is 0 Å². The van der Waals surface area contributed by atoms with Gasteiger partial charge in [0.25, 0.3) is 5.69 Å². The summed E-state index contributed by atoms with van der Waals surface area (Å²) in [6.07, 6.45) is 0. The van der Waals surface area contributed by atoms with Crippen molar-refractivity contribution >= 4 is 11.5 Å². The highest BCUT2D eigenvalue weighted by molar-refractivity contribution is 6.09. The van der Waals surface area contributed by atoms with E-state index in [0.717, 1.165) is 0 Å².